The molecule has 20 heavy (non-hydrogen) atoms. The second-order valence-corrected chi connectivity index (χ2v) is 6.12. The second kappa shape index (κ2) is 8.60. The average molecular weight is 280 g/mol. The predicted molar refractivity (Wildman–Crippen MR) is 80.6 cm³/mol. The zero-order valence-corrected chi connectivity index (χ0v) is 12.6. The zero-order chi connectivity index (χ0) is 14.2. The molecule has 0 aromatic heterocycles. The van der Waals surface area contributed by atoms with Crippen molar-refractivity contribution in [3.05, 3.63) is 23.3 Å². The van der Waals surface area contributed by atoms with Crippen LogP contribution in [-0.4, -0.2) is 24.6 Å². The first-order valence-corrected chi connectivity index (χ1v) is 8.06. The minimum absolute atomic E-state index is 0.0187. The maximum atomic E-state index is 8.31. The number of ether oxygens (including phenoxy) is 1. The SMILES string of the molecule is C[C@@H](COO)OCCCCC1CCC2=CCCC=C2C1. The standard InChI is InChI=1S/C17H28O3/c1-14(13-20-18)19-11-5-4-6-15-9-10-16-7-2-3-8-17(16)12-15/h7-8,14-15,18H,2-6,9-13H2,1H3/t14-,15?/m0/s1. The van der Waals surface area contributed by atoms with Crippen LogP contribution in [0.3, 0.4) is 0 Å². The third-order valence-electron chi connectivity index (χ3n) is 4.41. The fourth-order valence-electron chi connectivity index (χ4n) is 3.25. The number of rotatable bonds is 8. The van der Waals surface area contributed by atoms with Gasteiger partial charge in [0.15, 0.2) is 0 Å². The van der Waals surface area contributed by atoms with Gasteiger partial charge in [-0.3, -0.25) is 5.26 Å². The molecular weight excluding hydrogens is 252 g/mol. The highest BCUT2D eigenvalue weighted by atomic mass is 17.1. The monoisotopic (exact) mass is 280 g/mol. The van der Waals surface area contributed by atoms with Gasteiger partial charge in [-0.25, -0.2) is 4.89 Å². The van der Waals surface area contributed by atoms with Crippen LogP contribution >= 0.6 is 0 Å². The lowest BCUT2D eigenvalue weighted by Gasteiger charge is -2.28. The average Bonchev–Trinajstić information content (AvgIpc) is 2.47. The fourth-order valence-corrected chi connectivity index (χ4v) is 3.25. The van der Waals surface area contributed by atoms with Gasteiger partial charge in [0.05, 0.1) is 6.10 Å². The Morgan fingerprint density at radius 3 is 2.85 bits per heavy atom. The van der Waals surface area contributed by atoms with Gasteiger partial charge >= 0.3 is 0 Å². The van der Waals surface area contributed by atoms with E-state index < -0.39 is 0 Å². The molecule has 0 amide bonds. The summed E-state index contributed by atoms with van der Waals surface area (Å²) in [6, 6.07) is 0. The van der Waals surface area contributed by atoms with Crippen LogP contribution in [0.2, 0.25) is 0 Å². The highest BCUT2D eigenvalue weighted by Crippen LogP contribution is 2.37. The van der Waals surface area contributed by atoms with Crippen molar-refractivity contribution in [2.45, 2.75) is 64.4 Å². The Hall–Kier alpha value is -0.640. The molecule has 0 heterocycles. The Labute approximate surface area is 122 Å². The highest BCUT2D eigenvalue weighted by molar-refractivity contribution is 5.35. The Morgan fingerprint density at radius 1 is 1.25 bits per heavy atom. The Morgan fingerprint density at radius 2 is 2.05 bits per heavy atom. The summed E-state index contributed by atoms with van der Waals surface area (Å²) in [6.45, 7) is 2.94. The summed E-state index contributed by atoms with van der Waals surface area (Å²) in [5.74, 6) is 0.870. The number of unbranched alkanes of at least 4 members (excludes halogenated alkanes) is 1. The first-order chi connectivity index (χ1) is 9.79. The second-order valence-electron chi connectivity index (χ2n) is 6.12. The molecule has 1 saturated carbocycles. The van der Waals surface area contributed by atoms with Crippen LogP contribution in [0.15, 0.2) is 23.3 Å². The Kier molecular flexibility index (Phi) is 6.77. The Bertz CT molecular complexity index is 346. The quantitative estimate of drug-likeness (QED) is 0.404. The molecule has 2 rings (SSSR count). The maximum absolute atomic E-state index is 8.31. The van der Waals surface area contributed by atoms with Gasteiger partial charge in [-0.15, -0.1) is 0 Å². The molecule has 1 N–H and O–H groups in total. The maximum Gasteiger partial charge on any atom is 0.108 e. The van der Waals surface area contributed by atoms with Gasteiger partial charge in [0.2, 0.25) is 0 Å². The molecule has 2 atom stereocenters. The van der Waals surface area contributed by atoms with Gasteiger partial charge in [-0.05, 0) is 62.5 Å². The van der Waals surface area contributed by atoms with Crippen LogP contribution in [0.1, 0.15) is 58.3 Å². The lowest BCUT2D eigenvalue weighted by atomic mass is 9.77. The van der Waals surface area contributed by atoms with E-state index in [0.29, 0.717) is 0 Å². The van der Waals surface area contributed by atoms with E-state index in [1.807, 2.05) is 6.92 Å². The molecule has 1 unspecified atom stereocenters. The van der Waals surface area contributed by atoms with Crippen LogP contribution in [-0.2, 0) is 9.62 Å². The van der Waals surface area contributed by atoms with Crippen molar-refractivity contribution < 1.29 is 14.9 Å². The van der Waals surface area contributed by atoms with Crippen molar-refractivity contribution in [2.75, 3.05) is 13.2 Å². The zero-order valence-electron chi connectivity index (χ0n) is 12.6. The summed E-state index contributed by atoms with van der Waals surface area (Å²) in [4.78, 5) is 4.07. The highest BCUT2D eigenvalue weighted by Gasteiger charge is 2.21. The topological polar surface area (TPSA) is 38.7 Å². The van der Waals surface area contributed by atoms with Gasteiger partial charge < -0.3 is 4.74 Å². The fraction of sp³-hybridized carbons (Fsp3) is 0.765. The molecule has 2 aliphatic carbocycles. The predicted octanol–water partition coefficient (Wildman–Crippen LogP) is 4.50. The normalized spacial score (nSPS) is 23.8. The largest absolute Gasteiger partial charge is 0.376 e. The van der Waals surface area contributed by atoms with E-state index in [4.69, 9.17) is 9.99 Å². The molecule has 0 radical (unpaired) electrons. The van der Waals surface area contributed by atoms with Gasteiger partial charge in [-0.2, -0.15) is 0 Å². The smallest absolute Gasteiger partial charge is 0.108 e. The van der Waals surface area contributed by atoms with Crippen molar-refractivity contribution in [3.63, 3.8) is 0 Å². The summed E-state index contributed by atoms with van der Waals surface area (Å²) >= 11 is 0. The van der Waals surface area contributed by atoms with Gasteiger partial charge in [-0.1, -0.05) is 25.0 Å². The van der Waals surface area contributed by atoms with Gasteiger partial charge in [0.25, 0.3) is 0 Å². The summed E-state index contributed by atoms with van der Waals surface area (Å²) in [5, 5.41) is 8.31. The summed E-state index contributed by atoms with van der Waals surface area (Å²) in [6.07, 6.45) is 15.0. The van der Waals surface area contributed by atoms with Crippen molar-refractivity contribution in [1.29, 1.82) is 0 Å². The number of fused-ring (bicyclic) bond motifs is 1. The number of hydrogen-bond acceptors (Lipinski definition) is 3. The molecule has 0 aromatic carbocycles. The molecule has 0 spiro atoms. The number of hydrogen-bond donors (Lipinski definition) is 1. The molecule has 3 heteroatoms. The van der Waals surface area contributed by atoms with E-state index in [9.17, 15) is 0 Å². The molecule has 0 saturated heterocycles. The van der Waals surface area contributed by atoms with Crippen molar-refractivity contribution in [1.82, 2.24) is 0 Å². The molecule has 3 nitrogen and oxygen atoms in total. The lowest BCUT2D eigenvalue weighted by molar-refractivity contribution is -0.258. The molecule has 0 aliphatic heterocycles. The van der Waals surface area contributed by atoms with Gasteiger partial charge in [0, 0.05) is 6.61 Å². The van der Waals surface area contributed by atoms with Crippen LogP contribution in [0.4, 0.5) is 0 Å². The lowest BCUT2D eigenvalue weighted by Crippen LogP contribution is -2.16. The summed E-state index contributed by atoms with van der Waals surface area (Å²) in [7, 11) is 0. The molecule has 1 fully saturated rings. The van der Waals surface area contributed by atoms with Crippen LogP contribution in [0, 0.1) is 5.92 Å². The third-order valence-corrected chi connectivity index (χ3v) is 4.41. The molecule has 2 aliphatic rings. The Balaban J connectivity index is 1.56. The first-order valence-electron chi connectivity index (χ1n) is 8.06. The van der Waals surface area contributed by atoms with E-state index >= 15 is 0 Å². The minimum Gasteiger partial charge on any atom is -0.376 e. The third kappa shape index (κ3) is 5.04. The van der Waals surface area contributed by atoms with Crippen LogP contribution in [0.25, 0.3) is 0 Å². The molecule has 114 valence electrons. The van der Waals surface area contributed by atoms with Crippen molar-refractivity contribution in [2.24, 2.45) is 5.92 Å². The molecule has 0 aromatic rings. The summed E-state index contributed by atoms with van der Waals surface area (Å²) < 4.78 is 5.55. The summed E-state index contributed by atoms with van der Waals surface area (Å²) in [5.41, 5.74) is 3.27. The van der Waals surface area contributed by atoms with E-state index in [1.165, 1.54) is 44.9 Å². The van der Waals surface area contributed by atoms with Crippen molar-refractivity contribution >= 4 is 0 Å². The van der Waals surface area contributed by atoms with E-state index in [2.05, 4.69) is 17.0 Å². The van der Waals surface area contributed by atoms with E-state index in [1.54, 1.807) is 11.1 Å². The van der Waals surface area contributed by atoms with Crippen LogP contribution in [0.5, 0.6) is 0 Å². The first kappa shape index (κ1) is 15.7. The van der Waals surface area contributed by atoms with Gasteiger partial charge in [0.1, 0.15) is 6.61 Å². The van der Waals surface area contributed by atoms with E-state index in [-0.39, 0.29) is 12.7 Å². The minimum atomic E-state index is -0.0187. The molecule has 0 bridgehead atoms. The van der Waals surface area contributed by atoms with Crippen LogP contribution < -0.4 is 0 Å². The van der Waals surface area contributed by atoms with Crippen molar-refractivity contribution in [3.8, 4) is 0 Å². The van der Waals surface area contributed by atoms with E-state index in [0.717, 1.165) is 18.9 Å². The number of allylic oxidation sites excluding steroid dienone is 4. The molecular formula is C17H28O3.